The molecule has 0 unspecified atom stereocenters. The number of quaternary nitrogens is 1. The molecule has 13 heavy (non-hydrogen) atoms. The number of amides is 1. The lowest BCUT2D eigenvalue weighted by atomic mass is 10.2. The van der Waals surface area contributed by atoms with Gasteiger partial charge >= 0.3 is 0 Å². The van der Waals surface area contributed by atoms with Crippen LogP contribution >= 0.6 is 11.6 Å². The minimum absolute atomic E-state index is 0.129. The maximum atomic E-state index is 11.1. The molecule has 0 aromatic heterocycles. The van der Waals surface area contributed by atoms with Crippen molar-refractivity contribution in [3.63, 3.8) is 0 Å². The standard InChI is InChI=1S/C9H11ClN2O/c1-6-3-2-4-7(10)9(6)12-8(13)5-11/h2-4H,5,11H2,1H3,(H,12,13)/p+1. The van der Waals surface area contributed by atoms with Crippen molar-refractivity contribution >= 4 is 23.2 Å². The maximum absolute atomic E-state index is 11.1. The Labute approximate surface area is 81.9 Å². The van der Waals surface area contributed by atoms with Gasteiger partial charge in [-0.05, 0) is 18.6 Å². The van der Waals surface area contributed by atoms with Crippen molar-refractivity contribution < 1.29 is 10.5 Å². The Morgan fingerprint density at radius 3 is 2.85 bits per heavy atom. The number of para-hydroxylation sites is 1. The van der Waals surface area contributed by atoms with Crippen LogP contribution in [0.4, 0.5) is 5.69 Å². The molecule has 0 fully saturated rings. The largest absolute Gasteiger partial charge is 0.350 e. The Morgan fingerprint density at radius 2 is 2.31 bits per heavy atom. The second-order valence-electron chi connectivity index (χ2n) is 2.73. The summed E-state index contributed by atoms with van der Waals surface area (Å²) < 4.78 is 0. The number of carbonyl (C=O) groups excluding carboxylic acids is 1. The van der Waals surface area contributed by atoms with E-state index in [0.29, 0.717) is 10.7 Å². The predicted molar refractivity (Wildman–Crippen MR) is 52.6 cm³/mol. The second kappa shape index (κ2) is 4.25. The summed E-state index contributed by atoms with van der Waals surface area (Å²) in [5.41, 5.74) is 5.12. The molecule has 0 aliphatic carbocycles. The average molecular weight is 200 g/mol. The topological polar surface area (TPSA) is 56.7 Å². The first-order valence-electron chi connectivity index (χ1n) is 3.99. The van der Waals surface area contributed by atoms with E-state index >= 15 is 0 Å². The van der Waals surface area contributed by atoms with Crippen LogP contribution in [0.3, 0.4) is 0 Å². The highest BCUT2D eigenvalue weighted by atomic mass is 35.5. The van der Waals surface area contributed by atoms with Crippen LogP contribution in [0.1, 0.15) is 5.56 Å². The summed E-state index contributed by atoms with van der Waals surface area (Å²) >= 11 is 5.90. The Hall–Kier alpha value is -1.06. The van der Waals surface area contributed by atoms with E-state index in [1.54, 1.807) is 6.07 Å². The van der Waals surface area contributed by atoms with Gasteiger partial charge in [-0.15, -0.1) is 0 Å². The number of carbonyl (C=O) groups is 1. The molecule has 0 spiro atoms. The van der Waals surface area contributed by atoms with E-state index in [0.717, 1.165) is 5.56 Å². The molecule has 0 bridgehead atoms. The van der Waals surface area contributed by atoms with Gasteiger partial charge in [-0.3, -0.25) is 4.79 Å². The van der Waals surface area contributed by atoms with Gasteiger partial charge in [0.05, 0.1) is 10.7 Å². The number of hydrogen-bond acceptors (Lipinski definition) is 1. The predicted octanol–water partition coefficient (Wildman–Crippen LogP) is 0.829. The molecule has 0 atom stereocenters. The fourth-order valence-electron chi connectivity index (χ4n) is 0.992. The van der Waals surface area contributed by atoms with Crippen LogP contribution in [-0.2, 0) is 4.79 Å². The zero-order chi connectivity index (χ0) is 9.84. The minimum Gasteiger partial charge on any atom is -0.350 e. The van der Waals surface area contributed by atoms with E-state index in [9.17, 15) is 4.79 Å². The lowest BCUT2D eigenvalue weighted by Crippen LogP contribution is -2.55. The Kier molecular flexibility index (Phi) is 3.28. The molecule has 0 aliphatic rings. The summed E-state index contributed by atoms with van der Waals surface area (Å²) in [6.45, 7) is 2.11. The van der Waals surface area contributed by atoms with Crippen LogP contribution in [0.15, 0.2) is 18.2 Å². The van der Waals surface area contributed by atoms with Crippen molar-refractivity contribution in [2.75, 3.05) is 11.9 Å². The summed E-state index contributed by atoms with van der Waals surface area (Å²) in [6, 6.07) is 5.48. The third kappa shape index (κ3) is 2.44. The number of rotatable bonds is 2. The van der Waals surface area contributed by atoms with Crippen LogP contribution in [-0.4, -0.2) is 12.5 Å². The lowest BCUT2D eigenvalue weighted by molar-refractivity contribution is -0.353. The molecule has 1 amide bonds. The van der Waals surface area contributed by atoms with E-state index in [1.807, 2.05) is 19.1 Å². The second-order valence-corrected chi connectivity index (χ2v) is 3.14. The molecule has 0 aliphatic heterocycles. The van der Waals surface area contributed by atoms with Crippen LogP contribution < -0.4 is 11.1 Å². The number of aryl methyl sites for hydroxylation is 1. The fourth-order valence-corrected chi connectivity index (χ4v) is 1.26. The normalized spacial score (nSPS) is 9.77. The van der Waals surface area contributed by atoms with Crippen LogP contribution in [0.5, 0.6) is 0 Å². The molecule has 0 saturated heterocycles. The molecule has 0 saturated carbocycles. The lowest BCUT2D eigenvalue weighted by Gasteiger charge is -2.07. The van der Waals surface area contributed by atoms with E-state index in [1.165, 1.54) is 0 Å². The third-order valence-corrected chi connectivity index (χ3v) is 2.03. The molecule has 70 valence electrons. The number of nitrogens with one attached hydrogen (secondary N) is 1. The highest BCUT2D eigenvalue weighted by Crippen LogP contribution is 2.24. The van der Waals surface area contributed by atoms with Gasteiger partial charge in [0.2, 0.25) is 0 Å². The fraction of sp³-hybridized carbons (Fsp3) is 0.222. The van der Waals surface area contributed by atoms with Crippen LogP contribution in [0.25, 0.3) is 0 Å². The highest BCUT2D eigenvalue weighted by molar-refractivity contribution is 6.33. The monoisotopic (exact) mass is 199 g/mol. The van der Waals surface area contributed by atoms with Gasteiger partial charge in [0, 0.05) is 0 Å². The van der Waals surface area contributed by atoms with E-state index in [4.69, 9.17) is 11.6 Å². The SMILES string of the molecule is Cc1cccc(Cl)c1NC(=O)C[NH3+]. The van der Waals surface area contributed by atoms with Gasteiger partial charge in [-0.1, -0.05) is 23.7 Å². The van der Waals surface area contributed by atoms with Crippen LogP contribution in [0, 0.1) is 6.92 Å². The number of hydrogen-bond donors (Lipinski definition) is 2. The minimum atomic E-state index is -0.129. The van der Waals surface area contributed by atoms with Crippen molar-refractivity contribution in [3.05, 3.63) is 28.8 Å². The van der Waals surface area contributed by atoms with E-state index < -0.39 is 0 Å². The molecule has 1 aromatic carbocycles. The molecule has 4 heteroatoms. The van der Waals surface area contributed by atoms with Gasteiger partial charge in [0.25, 0.3) is 5.91 Å². The van der Waals surface area contributed by atoms with Crippen molar-refractivity contribution in [2.45, 2.75) is 6.92 Å². The Bertz CT molecular complexity index is 305. The quantitative estimate of drug-likeness (QED) is 0.729. The first-order chi connectivity index (χ1) is 6.15. The third-order valence-electron chi connectivity index (χ3n) is 1.71. The van der Waals surface area contributed by atoms with Crippen molar-refractivity contribution in [1.29, 1.82) is 0 Å². The summed E-state index contributed by atoms with van der Waals surface area (Å²) in [5.74, 6) is -0.129. The van der Waals surface area contributed by atoms with Gasteiger partial charge < -0.3 is 11.1 Å². The molecule has 0 heterocycles. The first-order valence-corrected chi connectivity index (χ1v) is 4.37. The van der Waals surface area contributed by atoms with Crippen molar-refractivity contribution in [2.24, 2.45) is 0 Å². The molecule has 1 aromatic rings. The summed E-state index contributed by atoms with van der Waals surface area (Å²) in [7, 11) is 0. The van der Waals surface area contributed by atoms with Gasteiger partial charge in [-0.2, -0.15) is 0 Å². The molecule has 0 radical (unpaired) electrons. The number of halogens is 1. The zero-order valence-corrected chi connectivity index (χ0v) is 8.19. The smallest absolute Gasteiger partial charge is 0.279 e. The number of anilines is 1. The molecule has 4 N–H and O–H groups in total. The Morgan fingerprint density at radius 1 is 1.62 bits per heavy atom. The summed E-state index contributed by atoms with van der Waals surface area (Å²) in [4.78, 5) is 11.1. The molecule has 1 rings (SSSR count). The number of benzene rings is 1. The summed E-state index contributed by atoms with van der Waals surface area (Å²) in [6.07, 6.45) is 0. The average Bonchev–Trinajstić information content (AvgIpc) is 2.11. The summed E-state index contributed by atoms with van der Waals surface area (Å²) in [5, 5.41) is 3.25. The first kappa shape index (κ1) is 10.0. The molecular weight excluding hydrogens is 188 g/mol. The highest BCUT2D eigenvalue weighted by Gasteiger charge is 2.06. The van der Waals surface area contributed by atoms with Gasteiger partial charge in [0.1, 0.15) is 0 Å². The maximum Gasteiger partial charge on any atom is 0.279 e. The zero-order valence-electron chi connectivity index (χ0n) is 7.43. The van der Waals surface area contributed by atoms with Gasteiger partial charge in [-0.25, -0.2) is 0 Å². The molecule has 3 nitrogen and oxygen atoms in total. The Balaban J connectivity index is 2.93. The molecular formula is C9H12ClN2O+. The van der Waals surface area contributed by atoms with E-state index in [2.05, 4.69) is 11.1 Å². The van der Waals surface area contributed by atoms with Crippen molar-refractivity contribution in [3.8, 4) is 0 Å². The van der Waals surface area contributed by atoms with Crippen LogP contribution in [0.2, 0.25) is 5.02 Å². The van der Waals surface area contributed by atoms with E-state index in [-0.39, 0.29) is 12.5 Å². The van der Waals surface area contributed by atoms with Crippen molar-refractivity contribution in [1.82, 2.24) is 0 Å². The van der Waals surface area contributed by atoms with Gasteiger partial charge in [0.15, 0.2) is 6.54 Å².